The zero-order chi connectivity index (χ0) is 29.0. The van der Waals surface area contributed by atoms with Gasteiger partial charge in [0.1, 0.15) is 0 Å². The fraction of sp³-hybridized carbons (Fsp3) is 0.844. The van der Waals surface area contributed by atoms with Crippen molar-refractivity contribution in [3.63, 3.8) is 0 Å². The van der Waals surface area contributed by atoms with Gasteiger partial charge in [0.2, 0.25) is 5.91 Å². The molecule has 0 aliphatic heterocycles. The molecule has 0 aliphatic carbocycles. The number of carbonyl (C=O) groups excluding carboxylic acids is 1. The van der Waals surface area contributed by atoms with Crippen LogP contribution in [0.15, 0.2) is 24.3 Å². The van der Waals surface area contributed by atoms with Crippen molar-refractivity contribution < 1.29 is 22.9 Å². The second-order valence-corrected chi connectivity index (χ2v) is 12.6. The minimum Gasteiger partial charge on any atom is -0.387 e. The third kappa shape index (κ3) is 28.2. The predicted octanol–water partition coefficient (Wildman–Crippen LogP) is 8.45. The number of amides is 1. The van der Waals surface area contributed by atoms with E-state index in [9.17, 15) is 22.9 Å². The van der Waals surface area contributed by atoms with Gasteiger partial charge in [0.25, 0.3) is 10.1 Å². The molecule has 0 aromatic heterocycles. The molecule has 0 bridgehead atoms. The van der Waals surface area contributed by atoms with Crippen molar-refractivity contribution in [3.8, 4) is 0 Å². The van der Waals surface area contributed by atoms with Crippen molar-refractivity contribution >= 4 is 16.0 Å². The Morgan fingerprint density at radius 3 is 1.62 bits per heavy atom. The molecule has 7 heteroatoms. The average molecular weight is 572 g/mol. The van der Waals surface area contributed by atoms with Gasteiger partial charge in [0.05, 0.1) is 17.9 Å². The highest BCUT2D eigenvalue weighted by Crippen LogP contribution is 2.13. The molecule has 0 fully saturated rings. The van der Waals surface area contributed by atoms with E-state index in [4.69, 9.17) is 0 Å². The summed E-state index contributed by atoms with van der Waals surface area (Å²) in [7, 11) is -4.33. The van der Waals surface area contributed by atoms with E-state index in [0.717, 1.165) is 64.2 Å². The van der Waals surface area contributed by atoms with Gasteiger partial charge >= 0.3 is 0 Å². The highest BCUT2D eigenvalue weighted by Gasteiger charge is 2.24. The minimum absolute atomic E-state index is 0.286. The lowest BCUT2D eigenvalue weighted by Crippen LogP contribution is -2.46. The first kappa shape index (κ1) is 37.8. The van der Waals surface area contributed by atoms with Gasteiger partial charge in [-0.25, -0.2) is 0 Å². The summed E-state index contributed by atoms with van der Waals surface area (Å²) in [6.45, 7) is 4.44. The van der Waals surface area contributed by atoms with Crippen molar-refractivity contribution in [2.24, 2.45) is 0 Å². The lowest BCUT2D eigenvalue weighted by Gasteiger charge is -2.21. The van der Waals surface area contributed by atoms with E-state index in [0.29, 0.717) is 0 Å². The molecule has 3 N–H and O–H groups in total. The van der Waals surface area contributed by atoms with Crippen LogP contribution in [0.5, 0.6) is 0 Å². The van der Waals surface area contributed by atoms with Crippen LogP contribution in [0.25, 0.3) is 0 Å². The monoisotopic (exact) mass is 571 g/mol. The maximum absolute atomic E-state index is 12.4. The molecule has 6 nitrogen and oxygen atoms in total. The number of hydrogen-bond acceptors (Lipinski definition) is 4. The fourth-order valence-electron chi connectivity index (χ4n) is 4.66. The molecule has 1 amide bonds. The number of carbonyl (C=O) groups is 1. The van der Waals surface area contributed by atoms with Gasteiger partial charge in [-0.15, -0.1) is 0 Å². The molecule has 39 heavy (non-hydrogen) atoms. The first-order valence-electron chi connectivity index (χ1n) is 16.0. The highest BCUT2D eigenvalue weighted by atomic mass is 32.2. The quantitative estimate of drug-likeness (QED) is 0.0496. The second kappa shape index (κ2) is 27.0. The summed E-state index contributed by atoms with van der Waals surface area (Å²) in [5, 5.41) is 13.1. The number of allylic oxidation sites excluding steroid dienone is 3. The van der Waals surface area contributed by atoms with Crippen LogP contribution in [0.2, 0.25) is 0 Å². The van der Waals surface area contributed by atoms with Crippen LogP contribution in [0.1, 0.15) is 155 Å². The molecule has 0 aliphatic rings. The van der Waals surface area contributed by atoms with E-state index in [-0.39, 0.29) is 12.3 Å². The Morgan fingerprint density at radius 1 is 0.667 bits per heavy atom. The Bertz CT molecular complexity index is 720. The van der Waals surface area contributed by atoms with Gasteiger partial charge in [-0.3, -0.25) is 9.35 Å². The fourth-order valence-corrected chi connectivity index (χ4v) is 5.40. The molecule has 2 atom stereocenters. The van der Waals surface area contributed by atoms with E-state index in [1.165, 1.54) is 70.6 Å². The number of hydrogen-bond donors (Lipinski definition) is 3. The van der Waals surface area contributed by atoms with Crippen LogP contribution >= 0.6 is 0 Å². The van der Waals surface area contributed by atoms with E-state index in [1.807, 2.05) is 6.08 Å². The predicted molar refractivity (Wildman–Crippen MR) is 166 cm³/mol. The Morgan fingerprint density at radius 2 is 1.10 bits per heavy atom. The molecule has 230 valence electrons. The Labute approximate surface area is 241 Å². The SMILES string of the molecule is CCCC/C=C\CCCCCCCC(=O)NC(CS(=O)(=O)O)C(O)/C=C/CCCCCCCCCCCCC. The van der Waals surface area contributed by atoms with Crippen molar-refractivity contribution in [1.82, 2.24) is 5.32 Å². The summed E-state index contributed by atoms with van der Waals surface area (Å²) in [6.07, 6.45) is 31.6. The molecule has 0 aromatic carbocycles. The molecule has 0 rings (SSSR count). The second-order valence-electron chi connectivity index (χ2n) is 11.1. The van der Waals surface area contributed by atoms with Gasteiger partial charge in [-0.1, -0.05) is 134 Å². The minimum atomic E-state index is -4.33. The van der Waals surface area contributed by atoms with Crippen molar-refractivity contribution in [3.05, 3.63) is 24.3 Å². The van der Waals surface area contributed by atoms with Gasteiger partial charge < -0.3 is 10.4 Å². The van der Waals surface area contributed by atoms with Gasteiger partial charge in [0.15, 0.2) is 0 Å². The molecule has 2 unspecified atom stereocenters. The molecule has 0 saturated carbocycles. The zero-order valence-corrected chi connectivity index (χ0v) is 26.1. The van der Waals surface area contributed by atoms with Gasteiger partial charge in [0, 0.05) is 6.42 Å². The lowest BCUT2D eigenvalue weighted by atomic mass is 10.0. The van der Waals surface area contributed by atoms with Crippen LogP contribution in [0.4, 0.5) is 0 Å². The third-order valence-corrected chi connectivity index (χ3v) is 7.90. The van der Waals surface area contributed by atoms with Crippen LogP contribution in [-0.4, -0.2) is 41.9 Å². The topological polar surface area (TPSA) is 104 Å². The van der Waals surface area contributed by atoms with Crippen LogP contribution in [0.3, 0.4) is 0 Å². The lowest BCUT2D eigenvalue weighted by molar-refractivity contribution is -0.122. The summed E-state index contributed by atoms with van der Waals surface area (Å²) in [4.78, 5) is 12.4. The number of aliphatic hydroxyl groups excluding tert-OH is 1. The highest BCUT2D eigenvalue weighted by molar-refractivity contribution is 7.85. The largest absolute Gasteiger partial charge is 0.387 e. The maximum atomic E-state index is 12.4. The average Bonchev–Trinajstić information content (AvgIpc) is 2.88. The Hall–Kier alpha value is -1.18. The van der Waals surface area contributed by atoms with Gasteiger partial charge in [-0.2, -0.15) is 8.42 Å². The molecule has 0 radical (unpaired) electrons. The van der Waals surface area contributed by atoms with E-state index >= 15 is 0 Å². The van der Waals surface area contributed by atoms with Crippen molar-refractivity contribution in [2.75, 3.05) is 5.75 Å². The Balaban J connectivity index is 4.09. The van der Waals surface area contributed by atoms with Crippen molar-refractivity contribution in [2.45, 2.75) is 167 Å². The van der Waals surface area contributed by atoms with E-state index in [1.54, 1.807) is 6.08 Å². The summed E-state index contributed by atoms with van der Waals surface area (Å²) >= 11 is 0. The summed E-state index contributed by atoms with van der Waals surface area (Å²) in [5.74, 6) is -0.991. The van der Waals surface area contributed by atoms with E-state index in [2.05, 4.69) is 31.3 Å². The van der Waals surface area contributed by atoms with Crippen molar-refractivity contribution in [1.29, 1.82) is 0 Å². The molecular weight excluding hydrogens is 510 g/mol. The maximum Gasteiger partial charge on any atom is 0.267 e. The molecule has 0 aromatic rings. The molecule has 0 heterocycles. The van der Waals surface area contributed by atoms with E-state index < -0.39 is 28.0 Å². The molecule has 0 saturated heterocycles. The summed E-state index contributed by atoms with van der Waals surface area (Å²) < 4.78 is 32.2. The zero-order valence-electron chi connectivity index (χ0n) is 25.3. The molecular formula is C32H61NO5S. The number of unbranched alkanes of at least 4 members (excludes halogenated alkanes) is 18. The van der Waals surface area contributed by atoms with Gasteiger partial charge in [-0.05, 0) is 38.5 Å². The summed E-state index contributed by atoms with van der Waals surface area (Å²) in [6, 6.07) is -1.06. The van der Waals surface area contributed by atoms with Crippen LogP contribution in [0, 0.1) is 0 Å². The van der Waals surface area contributed by atoms with Crippen LogP contribution in [-0.2, 0) is 14.9 Å². The Kier molecular flexibility index (Phi) is 26.2. The molecule has 0 spiro atoms. The first-order valence-corrected chi connectivity index (χ1v) is 17.6. The number of rotatable bonds is 28. The standard InChI is InChI=1S/C32H61NO5S/c1-3-5-7-9-11-13-15-16-18-19-21-23-25-27-31(34)30(29-39(36,37)38)33-32(35)28-26-24-22-20-17-14-12-10-8-6-4-2/h10,12,25,27,30-31,34H,3-9,11,13-24,26,28-29H2,1-2H3,(H,33,35)(H,36,37,38)/b12-10-,27-25+. The number of nitrogens with one attached hydrogen (secondary N) is 1. The number of aliphatic hydroxyl groups is 1. The third-order valence-electron chi connectivity index (χ3n) is 7.12. The first-order chi connectivity index (χ1) is 18.8. The smallest absolute Gasteiger partial charge is 0.267 e. The normalized spacial score (nSPS) is 13.8. The summed E-state index contributed by atoms with van der Waals surface area (Å²) in [5.41, 5.74) is 0. The van der Waals surface area contributed by atoms with Crippen LogP contribution < -0.4 is 5.32 Å².